The fourth-order valence-corrected chi connectivity index (χ4v) is 6.21. The third-order valence-corrected chi connectivity index (χ3v) is 8.06. The molecule has 0 radical (unpaired) electrons. The molecule has 2 N–H and O–H groups in total. The number of benzene rings is 3. The lowest BCUT2D eigenvalue weighted by atomic mass is 9.77. The molecular formula is C27H28N2O4S. The van der Waals surface area contributed by atoms with E-state index in [4.69, 9.17) is 9.47 Å². The van der Waals surface area contributed by atoms with Gasteiger partial charge in [0.2, 0.25) is 0 Å². The first-order valence-corrected chi connectivity index (χ1v) is 12.8. The van der Waals surface area contributed by atoms with Crippen LogP contribution in [0.4, 0.5) is 11.4 Å². The van der Waals surface area contributed by atoms with Crippen molar-refractivity contribution in [3.05, 3.63) is 89.5 Å². The van der Waals surface area contributed by atoms with Gasteiger partial charge in [-0.2, -0.15) is 0 Å². The summed E-state index contributed by atoms with van der Waals surface area (Å²) in [5.74, 6) is 1.75. The highest BCUT2D eigenvalue weighted by Gasteiger charge is 2.40. The fourth-order valence-electron chi connectivity index (χ4n) is 5.13. The zero-order chi connectivity index (χ0) is 23.9. The quantitative estimate of drug-likeness (QED) is 0.450. The first-order valence-electron chi connectivity index (χ1n) is 11.3. The van der Waals surface area contributed by atoms with Crippen LogP contribution in [-0.2, 0) is 10.0 Å². The molecule has 1 heterocycles. The summed E-state index contributed by atoms with van der Waals surface area (Å²) in [5.41, 5.74) is 4.50. The van der Waals surface area contributed by atoms with Gasteiger partial charge in [0.15, 0.2) is 11.5 Å². The fraction of sp³-hybridized carbons (Fsp3) is 0.259. The second kappa shape index (κ2) is 8.72. The Bertz CT molecular complexity index is 1370. The van der Waals surface area contributed by atoms with Crippen LogP contribution in [0.5, 0.6) is 11.5 Å². The lowest BCUT2D eigenvalue weighted by molar-refractivity contribution is 0.341. The van der Waals surface area contributed by atoms with Crippen LogP contribution in [0.3, 0.4) is 0 Å². The number of allylic oxidation sites excluding steroid dienone is 2. The maximum Gasteiger partial charge on any atom is 0.261 e. The minimum Gasteiger partial charge on any atom is -0.493 e. The number of hydrogen-bond donors (Lipinski definition) is 2. The van der Waals surface area contributed by atoms with Crippen molar-refractivity contribution in [2.24, 2.45) is 5.92 Å². The van der Waals surface area contributed by atoms with Crippen molar-refractivity contribution in [1.82, 2.24) is 0 Å². The molecule has 2 aliphatic rings. The topological polar surface area (TPSA) is 76.7 Å². The average molecular weight is 477 g/mol. The molecule has 0 fully saturated rings. The number of rotatable bonds is 6. The van der Waals surface area contributed by atoms with E-state index in [1.807, 2.05) is 43.3 Å². The van der Waals surface area contributed by atoms with Crippen molar-refractivity contribution < 1.29 is 17.9 Å². The van der Waals surface area contributed by atoms with Crippen molar-refractivity contribution in [1.29, 1.82) is 0 Å². The zero-order valence-corrected chi connectivity index (χ0v) is 20.2. The number of nitrogens with one attached hydrogen (secondary N) is 2. The standard InChI is InChI=1S/C27H28N2O4S/c1-17-7-4-8-18(15-17)29-34(30,31)19-13-14-24-23(16-19)20-9-5-10-21(20)26(28-24)22-11-6-12-25(32-2)27(22)33-3/h4-9,11-16,20-21,26,28-29H,10H2,1-3H3/t20?,21?,26-/m0/s1. The van der Waals surface area contributed by atoms with Crippen LogP contribution in [-0.4, -0.2) is 22.6 Å². The van der Waals surface area contributed by atoms with E-state index < -0.39 is 10.0 Å². The maximum absolute atomic E-state index is 13.2. The second-order valence-corrected chi connectivity index (χ2v) is 10.5. The second-order valence-electron chi connectivity index (χ2n) is 8.78. The van der Waals surface area contributed by atoms with Gasteiger partial charge >= 0.3 is 0 Å². The van der Waals surface area contributed by atoms with Gasteiger partial charge in [0.25, 0.3) is 10.0 Å². The zero-order valence-electron chi connectivity index (χ0n) is 19.4. The molecule has 0 bridgehead atoms. The molecule has 0 aromatic heterocycles. The predicted octanol–water partition coefficient (Wildman–Crippen LogP) is 5.64. The lowest BCUT2D eigenvalue weighted by Crippen LogP contribution is -2.29. The van der Waals surface area contributed by atoms with E-state index in [2.05, 4.69) is 28.3 Å². The lowest BCUT2D eigenvalue weighted by Gasteiger charge is -2.38. The molecule has 176 valence electrons. The Morgan fingerprint density at radius 1 is 0.971 bits per heavy atom. The van der Waals surface area contributed by atoms with E-state index >= 15 is 0 Å². The number of hydrogen-bond acceptors (Lipinski definition) is 5. The molecule has 6 nitrogen and oxygen atoms in total. The van der Waals surface area contributed by atoms with Crippen LogP contribution in [0.25, 0.3) is 0 Å². The number of ether oxygens (including phenoxy) is 2. The molecule has 3 aromatic rings. The van der Waals surface area contributed by atoms with Crippen molar-refractivity contribution in [3.63, 3.8) is 0 Å². The summed E-state index contributed by atoms with van der Waals surface area (Å²) in [6.07, 6.45) is 5.26. The van der Waals surface area contributed by atoms with E-state index in [0.29, 0.717) is 11.4 Å². The number of methoxy groups -OCH3 is 2. The number of aryl methyl sites for hydroxylation is 1. The maximum atomic E-state index is 13.2. The Morgan fingerprint density at radius 3 is 2.56 bits per heavy atom. The van der Waals surface area contributed by atoms with Gasteiger partial charge in [-0.15, -0.1) is 0 Å². The van der Waals surface area contributed by atoms with E-state index in [-0.39, 0.29) is 22.8 Å². The molecule has 0 saturated heterocycles. The third-order valence-electron chi connectivity index (χ3n) is 6.68. The van der Waals surface area contributed by atoms with Gasteiger partial charge in [-0.3, -0.25) is 4.72 Å². The Kier molecular flexibility index (Phi) is 5.73. The number of fused-ring (bicyclic) bond motifs is 3. The van der Waals surface area contributed by atoms with Gasteiger partial charge in [0.05, 0.1) is 25.2 Å². The summed E-state index contributed by atoms with van der Waals surface area (Å²) < 4.78 is 40.2. The molecular weight excluding hydrogens is 448 g/mol. The highest BCUT2D eigenvalue weighted by atomic mass is 32.2. The van der Waals surface area contributed by atoms with Crippen LogP contribution in [0.1, 0.15) is 35.1 Å². The van der Waals surface area contributed by atoms with Crippen LogP contribution < -0.4 is 19.5 Å². The molecule has 2 unspecified atom stereocenters. The van der Waals surface area contributed by atoms with E-state index in [9.17, 15) is 8.42 Å². The summed E-state index contributed by atoms with van der Waals surface area (Å²) in [4.78, 5) is 0.256. The van der Waals surface area contributed by atoms with Crippen molar-refractivity contribution in [2.45, 2.75) is 30.2 Å². The largest absolute Gasteiger partial charge is 0.493 e. The minimum absolute atomic E-state index is 0.00502. The minimum atomic E-state index is -3.72. The van der Waals surface area contributed by atoms with Crippen LogP contribution in [0, 0.1) is 12.8 Å². The normalized spacial score (nSPS) is 20.7. The first-order chi connectivity index (χ1) is 16.4. The summed E-state index contributed by atoms with van der Waals surface area (Å²) >= 11 is 0. The van der Waals surface area contributed by atoms with Crippen molar-refractivity contribution in [2.75, 3.05) is 24.3 Å². The Balaban J connectivity index is 1.51. The molecule has 7 heteroatoms. The Morgan fingerprint density at radius 2 is 1.79 bits per heavy atom. The van der Waals surface area contributed by atoms with Crippen molar-refractivity contribution >= 4 is 21.4 Å². The molecule has 1 aliphatic heterocycles. The molecule has 0 amide bonds. The van der Waals surface area contributed by atoms with Gasteiger partial charge in [0, 0.05) is 22.9 Å². The van der Waals surface area contributed by atoms with Crippen LogP contribution in [0.15, 0.2) is 77.7 Å². The van der Waals surface area contributed by atoms with Gasteiger partial charge in [-0.05, 0) is 66.8 Å². The van der Waals surface area contributed by atoms with E-state index in [1.165, 1.54) is 0 Å². The van der Waals surface area contributed by atoms with Crippen molar-refractivity contribution in [3.8, 4) is 11.5 Å². The number of para-hydroxylation sites is 1. The molecule has 0 saturated carbocycles. The highest BCUT2D eigenvalue weighted by molar-refractivity contribution is 7.92. The summed E-state index contributed by atoms with van der Waals surface area (Å²) in [7, 11) is -0.426. The average Bonchev–Trinajstić information content (AvgIpc) is 3.33. The van der Waals surface area contributed by atoms with Crippen LogP contribution >= 0.6 is 0 Å². The Hall–Kier alpha value is -3.45. The smallest absolute Gasteiger partial charge is 0.261 e. The van der Waals surface area contributed by atoms with Gasteiger partial charge in [-0.25, -0.2) is 8.42 Å². The monoisotopic (exact) mass is 476 g/mol. The first kappa shape index (κ1) is 22.3. The van der Waals surface area contributed by atoms with E-state index in [1.54, 1.807) is 32.4 Å². The molecule has 3 aromatic carbocycles. The molecule has 0 spiro atoms. The van der Waals surface area contributed by atoms with Crippen LogP contribution in [0.2, 0.25) is 0 Å². The third kappa shape index (κ3) is 3.90. The summed E-state index contributed by atoms with van der Waals surface area (Å²) in [6.45, 7) is 1.93. The molecule has 3 atom stereocenters. The van der Waals surface area contributed by atoms with Gasteiger partial charge in [-0.1, -0.05) is 36.4 Å². The molecule has 1 aliphatic carbocycles. The summed E-state index contributed by atoms with van der Waals surface area (Å²) in [5, 5.41) is 3.66. The SMILES string of the molecule is COc1cccc([C@H]2Nc3ccc(S(=O)(=O)Nc4cccc(C)c4)cc3C3C=CCC32)c1OC. The Labute approximate surface area is 200 Å². The predicted molar refractivity (Wildman–Crippen MR) is 134 cm³/mol. The molecule has 34 heavy (non-hydrogen) atoms. The summed E-state index contributed by atoms with van der Waals surface area (Å²) in [6, 6.07) is 18.6. The highest BCUT2D eigenvalue weighted by Crippen LogP contribution is 2.52. The van der Waals surface area contributed by atoms with E-state index in [0.717, 1.165) is 34.5 Å². The van der Waals surface area contributed by atoms with Gasteiger partial charge in [0.1, 0.15) is 0 Å². The molecule has 5 rings (SSSR count). The number of sulfonamides is 1. The van der Waals surface area contributed by atoms with Gasteiger partial charge < -0.3 is 14.8 Å². The number of anilines is 2.